The first-order valence-electron chi connectivity index (χ1n) is 12.0. The van der Waals surface area contributed by atoms with E-state index in [2.05, 4.69) is 6.92 Å². The van der Waals surface area contributed by atoms with Crippen molar-refractivity contribution < 1.29 is 23.8 Å². The van der Waals surface area contributed by atoms with Gasteiger partial charge in [-0.05, 0) is 54.3 Å². The van der Waals surface area contributed by atoms with Crippen LogP contribution in [0, 0.1) is 0 Å². The molecule has 3 aromatic carbocycles. The molecule has 8 heteroatoms. The van der Waals surface area contributed by atoms with Crippen LogP contribution in [0.3, 0.4) is 0 Å². The minimum atomic E-state index is -0.495. The van der Waals surface area contributed by atoms with E-state index >= 15 is 0 Å². The highest BCUT2D eigenvalue weighted by Gasteiger charge is 2.33. The predicted molar refractivity (Wildman–Crippen MR) is 150 cm³/mol. The van der Waals surface area contributed by atoms with Gasteiger partial charge < -0.3 is 14.2 Å². The minimum absolute atomic E-state index is 0.203. The van der Waals surface area contributed by atoms with Crippen LogP contribution in [0.25, 0.3) is 6.08 Å². The number of esters is 1. The molecule has 1 saturated heterocycles. The van der Waals surface area contributed by atoms with Gasteiger partial charge >= 0.3 is 5.97 Å². The molecule has 1 aliphatic heterocycles. The number of carbonyl (C=O) groups excluding carboxylic acids is 2. The number of carbonyl (C=O) groups is 2. The molecule has 1 amide bonds. The zero-order valence-electron chi connectivity index (χ0n) is 20.6. The second-order valence-electron chi connectivity index (χ2n) is 8.12. The maximum Gasteiger partial charge on any atom is 0.326 e. The second-order valence-corrected chi connectivity index (χ2v) is 9.79. The van der Waals surface area contributed by atoms with Gasteiger partial charge in [0.2, 0.25) is 0 Å². The average Bonchev–Trinajstić information content (AvgIpc) is 3.16. The fourth-order valence-corrected chi connectivity index (χ4v) is 4.94. The summed E-state index contributed by atoms with van der Waals surface area (Å²) in [6, 6.07) is 23.3. The van der Waals surface area contributed by atoms with Gasteiger partial charge in [-0.3, -0.25) is 14.5 Å². The van der Waals surface area contributed by atoms with Crippen molar-refractivity contribution in [2.75, 3.05) is 13.2 Å². The number of para-hydroxylation sites is 1. The summed E-state index contributed by atoms with van der Waals surface area (Å²) in [5.74, 6) is 1.06. The summed E-state index contributed by atoms with van der Waals surface area (Å²) in [7, 11) is 0. The molecule has 0 spiro atoms. The molecule has 0 saturated carbocycles. The van der Waals surface area contributed by atoms with Gasteiger partial charge in [0.1, 0.15) is 23.2 Å². The molecular formula is C29H27NO5S2. The Morgan fingerprint density at radius 2 is 1.73 bits per heavy atom. The molecule has 0 N–H and O–H groups in total. The number of hydrogen-bond acceptors (Lipinski definition) is 7. The Morgan fingerprint density at radius 3 is 2.49 bits per heavy atom. The monoisotopic (exact) mass is 533 g/mol. The zero-order chi connectivity index (χ0) is 26.2. The van der Waals surface area contributed by atoms with Gasteiger partial charge in [0.25, 0.3) is 5.91 Å². The summed E-state index contributed by atoms with van der Waals surface area (Å²) >= 11 is 6.48. The third-order valence-electron chi connectivity index (χ3n) is 5.54. The van der Waals surface area contributed by atoms with E-state index in [-0.39, 0.29) is 19.1 Å². The maximum absolute atomic E-state index is 12.9. The lowest BCUT2D eigenvalue weighted by molar-refractivity contribution is -0.145. The third kappa shape index (κ3) is 6.78. The fourth-order valence-electron chi connectivity index (χ4n) is 3.68. The van der Waals surface area contributed by atoms with Gasteiger partial charge in [-0.1, -0.05) is 85.5 Å². The molecule has 1 aliphatic rings. The number of thioether (sulfide) groups is 1. The Balaban J connectivity index is 1.61. The van der Waals surface area contributed by atoms with Crippen LogP contribution in [0.1, 0.15) is 30.5 Å². The highest BCUT2D eigenvalue weighted by atomic mass is 32.2. The first kappa shape index (κ1) is 26.4. The Morgan fingerprint density at radius 1 is 0.973 bits per heavy atom. The van der Waals surface area contributed by atoms with E-state index < -0.39 is 5.97 Å². The second kappa shape index (κ2) is 12.6. The van der Waals surface area contributed by atoms with Crippen LogP contribution in [0.4, 0.5) is 0 Å². The molecule has 0 atom stereocenters. The SMILES string of the molecule is CCOC(=O)CN1C(=O)C(=Cc2ccc(Oc3ccccc3CC)c(OCc3ccccc3)c2)SC1=S. The van der Waals surface area contributed by atoms with Gasteiger partial charge in [-0.2, -0.15) is 0 Å². The maximum atomic E-state index is 12.9. The summed E-state index contributed by atoms with van der Waals surface area (Å²) < 4.78 is 17.7. The lowest BCUT2D eigenvalue weighted by Gasteiger charge is -2.15. The van der Waals surface area contributed by atoms with Crippen LogP contribution in [-0.4, -0.2) is 34.2 Å². The summed E-state index contributed by atoms with van der Waals surface area (Å²) in [6.45, 7) is 4.19. The van der Waals surface area contributed by atoms with Gasteiger partial charge in [-0.25, -0.2) is 0 Å². The Bertz CT molecular complexity index is 1320. The minimum Gasteiger partial charge on any atom is -0.485 e. The highest BCUT2D eigenvalue weighted by Crippen LogP contribution is 2.37. The van der Waals surface area contributed by atoms with Gasteiger partial charge in [0.05, 0.1) is 11.5 Å². The molecule has 190 valence electrons. The van der Waals surface area contributed by atoms with Crippen LogP contribution in [-0.2, 0) is 27.4 Å². The van der Waals surface area contributed by atoms with E-state index in [0.717, 1.165) is 40.6 Å². The van der Waals surface area contributed by atoms with E-state index in [1.165, 1.54) is 4.90 Å². The van der Waals surface area contributed by atoms with Crippen molar-refractivity contribution in [3.63, 3.8) is 0 Å². The first-order chi connectivity index (χ1) is 18.0. The molecule has 3 aromatic rings. The predicted octanol–water partition coefficient (Wildman–Crippen LogP) is 6.38. The molecular weight excluding hydrogens is 506 g/mol. The number of ether oxygens (including phenoxy) is 3. The summed E-state index contributed by atoms with van der Waals surface area (Å²) in [5, 5.41) is 0. The molecule has 0 aromatic heterocycles. The summed E-state index contributed by atoms with van der Waals surface area (Å²) in [5.41, 5.74) is 2.86. The van der Waals surface area contributed by atoms with Crippen LogP contribution in [0.15, 0.2) is 77.7 Å². The smallest absolute Gasteiger partial charge is 0.326 e. The quantitative estimate of drug-likeness (QED) is 0.170. The standard InChI is InChI=1S/C29H27NO5S2/c1-3-22-12-8-9-13-23(22)35-24-15-14-21(16-25(24)34-19-20-10-6-5-7-11-20)17-26-28(32)30(29(36)37-26)18-27(31)33-4-2/h5-17H,3-4,18-19H2,1-2H3. The summed E-state index contributed by atoms with van der Waals surface area (Å²) in [6.07, 6.45) is 2.58. The van der Waals surface area contributed by atoms with Crippen LogP contribution in [0.5, 0.6) is 17.2 Å². The van der Waals surface area contributed by atoms with E-state index in [4.69, 9.17) is 26.4 Å². The van der Waals surface area contributed by atoms with Crippen molar-refractivity contribution in [2.45, 2.75) is 26.9 Å². The van der Waals surface area contributed by atoms with Gasteiger partial charge in [0.15, 0.2) is 11.5 Å². The van der Waals surface area contributed by atoms with Crippen molar-refractivity contribution >= 4 is 46.3 Å². The van der Waals surface area contributed by atoms with Crippen LogP contribution < -0.4 is 9.47 Å². The molecule has 0 aliphatic carbocycles. The number of benzene rings is 3. The molecule has 0 bridgehead atoms. The van der Waals surface area contributed by atoms with Crippen molar-refractivity contribution in [3.8, 4) is 17.2 Å². The van der Waals surface area contributed by atoms with E-state index in [0.29, 0.717) is 27.3 Å². The molecule has 37 heavy (non-hydrogen) atoms. The number of hydrogen-bond donors (Lipinski definition) is 0. The van der Waals surface area contributed by atoms with Crippen LogP contribution >= 0.6 is 24.0 Å². The van der Waals surface area contributed by atoms with Crippen molar-refractivity contribution in [1.82, 2.24) is 4.90 Å². The number of rotatable bonds is 10. The largest absolute Gasteiger partial charge is 0.485 e. The molecule has 0 unspecified atom stereocenters. The topological polar surface area (TPSA) is 65.1 Å². The van der Waals surface area contributed by atoms with E-state index in [1.807, 2.05) is 72.8 Å². The zero-order valence-corrected chi connectivity index (χ0v) is 22.3. The lowest BCUT2D eigenvalue weighted by Crippen LogP contribution is -2.34. The van der Waals surface area contributed by atoms with Crippen molar-refractivity contribution in [1.29, 1.82) is 0 Å². The molecule has 4 rings (SSSR count). The highest BCUT2D eigenvalue weighted by molar-refractivity contribution is 8.26. The normalized spacial score (nSPS) is 14.2. The molecule has 0 radical (unpaired) electrons. The number of aryl methyl sites for hydroxylation is 1. The fraction of sp³-hybridized carbons (Fsp3) is 0.207. The number of thiocarbonyl (C=S) groups is 1. The van der Waals surface area contributed by atoms with Crippen molar-refractivity contribution in [3.05, 3.63) is 94.4 Å². The molecule has 1 heterocycles. The molecule has 6 nitrogen and oxygen atoms in total. The van der Waals surface area contributed by atoms with Gasteiger partial charge in [0, 0.05) is 0 Å². The van der Waals surface area contributed by atoms with E-state index in [9.17, 15) is 9.59 Å². The van der Waals surface area contributed by atoms with Gasteiger partial charge in [-0.15, -0.1) is 0 Å². The van der Waals surface area contributed by atoms with Crippen LogP contribution in [0.2, 0.25) is 0 Å². The number of nitrogens with zero attached hydrogens (tertiary/aromatic N) is 1. The Hall–Kier alpha value is -3.62. The molecule has 1 fully saturated rings. The lowest BCUT2D eigenvalue weighted by atomic mass is 10.1. The summed E-state index contributed by atoms with van der Waals surface area (Å²) in [4.78, 5) is 26.5. The Kier molecular flexibility index (Phi) is 8.98. The average molecular weight is 534 g/mol. The van der Waals surface area contributed by atoms with Crippen molar-refractivity contribution in [2.24, 2.45) is 0 Å². The number of amides is 1. The van der Waals surface area contributed by atoms with E-state index in [1.54, 1.807) is 13.0 Å². The third-order valence-corrected chi connectivity index (χ3v) is 6.92. The first-order valence-corrected chi connectivity index (χ1v) is 13.2. The Labute approximate surface area is 226 Å².